The number of carbonyl (C=O) groups is 2. The molecule has 7 rings (SSSR count). The molecule has 0 spiro atoms. The lowest BCUT2D eigenvalue weighted by atomic mass is 9.32. The van der Waals surface area contributed by atoms with E-state index in [1.165, 1.54) is 37.7 Å². The summed E-state index contributed by atoms with van der Waals surface area (Å²) in [7, 11) is 0. The van der Waals surface area contributed by atoms with E-state index in [1.54, 1.807) is 12.2 Å². The van der Waals surface area contributed by atoms with Crippen LogP contribution < -0.4 is 0 Å². The number of ether oxygens (including phenoxy) is 2. The Labute approximate surface area is 313 Å². The van der Waals surface area contributed by atoms with Gasteiger partial charge in [-0.1, -0.05) is 107 Å². The maximum absolute atomic E-state index is 13.1. The zero-order chi connectivity index (χ0) is 36.9. The summed E-state index contributed by atoms with van der Waals surface area (Å²) in [6, 6.07) is 19.9. The number of allylic oxidation sites excluding steroid dienone is 1. The van der Waals surface area contributed by atoms with Crippen molar-refractivity contribution in [3.05, 3.63) is 96.1 Å². The van der Waals surface area contributed by atoms with Gasteiger partial charge >= 0.3 is 11.9 Å². The van der Waals surface area contributed by atoms with Crippen molar-refractivity contribution in [1.82, 2.24) is 0 Å². The molecule has 0 N–H and O–H groups in total. The molecule has 10 atom stereocenters. The van der Waals surface area contributed by atoms with E-state index >= 15 is 0 Å². The first-order valence-corrected chi connectivity index (χ1v) is 20.2. The number of fused-ring (bicyclic) bond motifs is 7. The Morgan fingerprint density at radius 1 is 0.712 bits per heavy atom. The average Bonchev–Trinajstić information content (AvgIpc) is 3.52. The van der Waals surface area contributed by atoms with E-state index in [0.29, 0.717) is 36.2 Å². The number of hydrogen-bond donors (Lipinski definition) is 0. The smallest absolute Gasteiger partial charge is 0.331 e. The van der Waals surface area contributed by atoms with Gasteiger partial charge in [0.1, 0.15) is 6.10 Å². The third-order valence-electron chi connectivity index (χ3n) is 16.4. The first kappa shape index (κ1) is 36.9. The Kier molecular flexibility index (Phi) is 9.79. The normalized spacial score (nSPS) is 39.2. The molecule has 0 aromatic heterocycles. The second kappa shape index (κ2) is 13.8. The Morgan fingerprint density at radius 3 is 1.98 bits per heavy atom. The molecular formula is C48H62O4. The molecule has 0 bridgehead atoms. The molecule has 0 heterocycles. The van der Waals surface area contributed by atoms with Gasteiger partial charge in [0, 0.05) is 23.0 Å². The number of hydrogen-bond acceptors (Lipinski definition) is 4. The summed E-state index contributed by atoms with van der Waals surface area (Å²) < 4.78 is 12.5. The topological polar surface area (TPSA) is 52.6 Å². The lowest BCUT2D eigenvalue weighted by molar-refractivity contribution is -0.251. The monoisotopic (exact) mass is 702 g/mol. The molecule has 5 fully saturated rings. The standard InChI is InChI=1S/C48H62O4/c1-33(2)36-24-29-48(32-51-41(49)22-18-34-14-10-8-11-15-34)31-30-46(6)37(43(36)48)20-21-39-45(5)27-26-40(44(3,4)38(45)25-28-47(39,46)7)52-42(50)23-19-35-16-12-9-13-17-35/h8-19,22-23,36-40,43H,1,20-21,24-32H2,2-7H3. The third kappa shape index (κ3) is 6.14. The summed E-state index contributed by atoms with van der Waals surface area (Å²) in [5.74, 6) is 2.24. The van der Waals surface area contributed by atoms with Crippen LogP contribution in [-0.4, -0.2) is 24.6 Å². The van der Waals surface area contributed by atoms with Crippen molar-refractivity contribution in [3.63, 3.8) is 0 Å². The van der Waals surface area contributed by atoms with Crippen molar-refractivity contribution < 1.29 is 19.1 Å². The van der Waals surface area contributed by atoms with Crippen LogP contribution in [0.25, 0.3) is 12.2 Å². The highest BCUT2D eigenvalue weighted by molar-refractivity contribution is 5.87. The van der Waals surface area contributed by atoms with Crippen LogP contribution in [0.5, 0.6) is 0 Å². The Hall–Kier alpha value is -3.40. The minimum atomic E-state index is -0.234. The predicted molar refractivity (Wildman–Crippen MR) is 211 cm³/mol. The van der Waals surface area contributed by atoms with E-state index in [4.69, 9.17) is 9.47 Å². The van der Waals surface area contributed by atoms with Gasteiger partial charge < -0.3 is 9.47 Å². The summed E-state index contributed by atoms with van der Waals surface area (Å²) in [6.07, 6.45) is 18.3. The number of benzene rings is 2. The molecule has 0 radical (unpaired) electrons. The molecule has 2 aromatic carbocycles. The van der Waals surface area contributed by atoms with E-state index < -0.39 is 0 Å². The van der Waals surface area contributed by atoms with Gasteiger partial charge in [-0.25, -0.2) is 9.59 Å². The van der Waals surface area contributed by atoms with Crippen molar-refractivity contribution in [2.24, 2.45) is 56.7 Å². The molecule has 10 unspecified atom stereocenters. The molecule has 0 aliphatic heterocycles. The molecule has 5 aliphatic carbocycles. The van der Waals surface area contributed by atoms with Gasteiger partial charge in [-0.05, 0) is 140 Å². The second-order valence-corrected chi connectivity index (χ2v) is 18.9. The van der Waals surface area contributed by atoms with E-state index in [1.807, 2.05) is 72.8 Å². The quantitative estimate of drug-likeness (QED) is 0.156. The molecule has 52 heavy (non-hydrogen) atoms. The third-order valence-corrected chi connectivity index (χ3v) is 16.4. The van der Waals surface area contributed by atoms with Crippen molar-refractivity contribution in [2.45, 2.75) is 112 Å². The molecule has 5 aliphatic rings. The predicted octanol–water partition coefficient (Wildman–Crippen LogP) is 11.5. The summed E-state index contributed by atoms with van der Waals surface area (Å²) in [5, 5.41) is 0. The fraction of sp³-hybridized carbons (Fsp3) is 0.583. The zero-order valence-corrected chi connectivity index (χ0v) is 32.7. The Bertz CT molecular complexity index is 1710. The fourth-order valence-corrected chi connectivity index (χ4v) is 13.6. The molecule has 278 valence electrons. The van der Waals surface area contributed by atoms with Crippen LogP contribution in [0, 0.1) is 56.7 Å². The van der Waals surface area contributed by atoms with Gasteiger partial charge in [-0.2, -0.15) is 0 Å². The lowest BCUT2D eigenvalue weighted by Crippen LogP contribution is -2.67. The molecule has 4 nitrogen and oxygen atoms in total. The van der Waals surface area contributed by atoms with Gasteiger partial charge in [0.25, 0.3) is 0 Å². The minimum Gasteiger partial charge on any atom is -0.462 e. The van der Waals surface area contributed by atoms with Gasteiger partial charge in [0.15, 0.2) is 0 Å². The lowest BCUT2D eigenvalue weighted by Gasteiger charge is -2.73. The van der Waals surface area contributed by atoms with E-state index in [-0.39, 0.29) is 45.1 Å². The summed E-state index contributed by atoms with van der Waals surface area (Å²) in [6.45, 7) is 20.0. The highest BCUT2D eigenvalue weighted by Crippen LogP contribution is 2.77. The van der Waals surface area contributed by atoms with Crippen LogP contribution in [0.1, 0.15) is 117 Å². The van der Waals surface area contributed by atoms with Crippen LogP contribution >= 0.6 is 0 Å². The van der Waals surface area contributed by atoms with Gasteiger partial charge in [-0.15, -0.1) is 0 Å². The summed E-state index contributed by atoms with van der Waals surface area (Å²) in [5.41, 5.74) is 3.89. The Balaban J connectivity index is 1.09. The van der Waals surface area contributed by atoms with Crippen LogP contribution in [0.2, 0.25) is 0 Å². The minimum absolute atomic E-state index is 0.0211. The van der Waals surface area contributed by atoms with Crippen LogP contribution in [0.3, 0.4) is 0 Å². The number of carbonyl (C=O) groups excluding carboxylic acids is 2. The van der Waals surface area contributed by atoms with Crippen LogP contribution in [0.4, 0.5) is 0 Å². The number of esters is 2. The highest BCUT2D eigenvalue weighted by atomic mass is 16.5. The first-order valence-electron chi connectivity index (χ1n) is 20.2. The highest BCUT2D eigenvalue weighted by Gasteiger charge is 2.71. The fourth-order valence-electron chi connectivity index (χ4n) is 13.6. The van der Waals surface area contributed by atoms with Gasteiger partial charge in [0.2, 0.25) is 0 Å². The molecule has 5 saturated carbocycles. The van der Waals surface area contributed by atoms with Crippen molar-refractivity contribution >= 4 is 24.1 Å². The SMILES string of the molecule is C=C(C)C1CCC2(COC(=O)C=Cc3ccccc3)CCC3(C)C(CCC4C5(C)CCC(OC(=O)C=Cc6ccccc6)C(C)(C)C5CCC43C)C12. The average molecular weight is 703 g/mol. The second-order valence-electron chi connectivity index (χ2n) is 18.9. The number of rotatable bonds is 8. The molecule has 4 heteroatoms. The first-order chi connectivity index (χ1) is 24.7. The molecule has 2 aromatic rings. The van der Waals surface area contributed by atoms with E-state index in [9.17, 15) is 9.59 Å². The zero-order valence-electron chi connectivity index (χ0n) is 32.7. The molecule has 0 saturated heterocycles. The van der Waals surface area contributed by atoms with Crippen LogP contribution in [0.15, 0.2) is 85.0 Å². The summed E-state index contributed by atoms with van der Waals surface area (Å²) >= 11 is 0. The van der Waals surface area contributed by atoms with Crippen LogP contribution in [-0.2, 0) is 19.1 Å². The van der Waals surface area contributed by atoms with E-state index in [2.05, 4.69) is 48.1 Å². The van der Waals surface area contributed by atoms with Gasteiger partial charge in [-0.3, -0.25) is 0 Å². The molecule has 0 amide bonds. The van der Waals surface area contributed by atoms with Crippen molar-refractivity contribution in [1.29, 1.82) is 0 Å². The molecular weight excluding hydrogens is 641 g/mol. The van der Waals surface area contributed by atoms with E-state index in [0.717, 1.165) is 43.2 Å². The maximum Gasteiger partial charge on any atom is 0.331 e. The Morgan fingerprint density at radius 2 is 1.35 bits per heavy atom. The van der Waals surface area contributed by atoms with Crippen molar-refractivity contribution in [2.75, 3.05) is 6.61 Å². The van der Waals surface area contributed by atoms with Gasteiger partial charge in [0.05, 0.1) is 6.61 Å². The van der Waals surface area contributed by atoms with Crippen molar-refractivity contribution in [3.8, 4) is 0 Å². The maximum atomic E-state index is 13.1. The largest absolute Gasteiger partial charge is 0.462 e. The summed E-state index contributed by atoms with van der Waals surface area (Å²) in [4.78, 5) is 26.2.